The molecule has 2 rings (SSSR count). The number of benzene rings is 1. The van der Waals surface area contributed by atoms with Crippen molar-refractivity contribution < 1.29 is 33.0 Å². The lowest BCUT2D eigenvalue weighted by Gasteiger charge is -2.36. The molecule has 1 fully saturated rings. The fraction of sp³-hybridized carbons (Fsp3) is 0.500. The molecule has 1 aliphatic heterocycles. The second-order valence-electron chi connectivity index (χ2n) is 5.67. The van der Waals surface area contributed by atoms with Crippen LogP contribution in [0.4, 0.5) is 8.78 Å². The highest BCUT2D eigenvalue weighted by atomic mass is 19.3. The van der Waals surface area contributed by atoms with Gasteiger partial charge in [-0.15, -0.1) is 0 Å². The number of halogens is 2. The van der Waals surface area contributed by atoms with Gasteiger partial charge in [0.1, 0.15) is 5.75 Å². The Labute approximate surface area is 137 Å². The molecule has 0 spiro atoms. The standard InChI is InChI=1S/C16H19F2NO5/c17-15(18)24-12-4-2-1-3-11(12)9-13(20)19-16(10-14(21)22)5-7-23-8-6-16/h1-4,15H,5-10H2,(H,19,20)(H,21,22). The van der Waals surface area contributed by atoms with Crippen molar-refractivity contribution in [3.05, 3.63) is 29.8 Å². The molecule has 1 saturated heterocycles. The van der Waals surface area contributed by atoms with Gasteiger partial charge in [0.15, 0.2) is 0 Å². The summed E-state index contributed by atoms with van der Waals surface area (Å²) in [7, 11) is 0. The first kappa shape index (κ1) is 18.1. The molecule has 0 unspecified atom stereocenters. The van der Waals surface area contributed by atoms with Gasteiger partial charge >= 0.3 is 12.6 Å². The van der Waals surface area contributed by atoms with E-state index in [2.05, 4.69) is 10.1 Å². The Morgan fingerprint density at radius 3 is 2.58 bits per heavy atom. The van der Waals surface area contributed by atoms with Gasteiger partial charge in [-0.3, -0.25) is 9.59 Å². The number of carboxylic acids is 1. The van der Waals surface area contributed by atoms with Crippen LogP contribution in [0, 0.1) is 0 Å². The number of alkyl halides is 2. The molecular weight excluding hydrogens is 324 g/mol. The molecule has 132 valence electrons. The van der Waals surface area contributed by atoms with Crippen molar-refractivity contribution in [3.8, 4) is 5.75 Å². The average molecular weight is 343 g/mol. The minimum Gasteiger partial charge on any atom is -0.481 e. The molecule has 0 saturated carbocycles. The highest BCUT2D eigenvalue weighted by Crippen LogP contribution is 2.26. The van der Waals surface area contributed by atoms with E-state index < -0.39 is 24.0 Å². The summed E-state index contributed by atoms with van der Waals surface area (Å²) in [5.74, 6) is -1.52. The van der Waals surface area contributed by atoms with E-state index in [1.165, 1.54) is 18.2 Å². The van der Waals surface area contributed by atoms with Crippen LogP contribution in [-0.2, 0) is 20.7 Å². The molecule has 8 heteroatoms. The summed E-state index contributed by atoms with van der Waals surface area (Å²) in [5.41, 5.74) is -0.563. The minimum absolute atomic E-state index is 0.0677. The van der Waals surface area contributed by atoms with E-state index >= 15 is 0 Å². The monoisotopic (exact) mass is 343 g/mol. The normalized spacial score (nSPS) is 16.6. The van der Waals surface area contributed by atoms with Crippen molar-refractivity contribution in [2.75, 3.05) is 13.2 Å². The molecule has 24 heavy (non-hydrogen) atoms. The summed E-state index contributed by atoms with van der Waals surface area (Å²) in [6.45, 7) is -2.26. The van der Waals surface area contributed by atoms with Gasteiger partial charge in [0.05, 0.1) is 18.4 Å². The first-order chi connectivity index (χ1) is 11.4. The van der Waals surface area contributed by atoms with E-state index in [0.29, 0.717) is 31.6 Å². The van der Waals surface area contributed by atoms with Gasteiger partial charge in [0, 0.05) is 18.8 Å². The number of carbonyl (C=O) groups excluding carboxylic acids is 1. The lowest BCUT2D eigenvalue weighted by molar-refractivity contribution is -0.140. The molecular formula is C16H19F2NO5. The Kier molecular flexibility index (Phi) is 6.08. The van der Waals surface area contributed by atoms with Crippen LogP contribution in [0.1, 0.15) is 24.8 Å². The molecule has 1 aromatic carbocycles. The molecule has 0 radical (unpaired) electrons. The maximum Gasteiger partial charge on any atom is 0.387 e. The maximum atomic E-state index is 12.4. The van der Waals surface area contributed by atoms with Crippen molar-refractivity contribution in [1.29, 1.82) is 0 Å². The Morgan fingerprint density at radius 2 is 1.96 bits per heavy atom. The third-order valence-corrected chi connectivity index (χ3v) is 3.88. The number of carboxylic acid groups (broad SMARTS) is 1. The van der Waals surface area contributed by atoms with E-state index in [9.17, 15) is 18.4 Å². The molecule has 6 nitrogen and oxygen atoms in total. The molecule has 0 bridgehead atoms. The van der Waals surface area contributed by atoms with E-state index in [4.69, 9.17) is 9.84 Å². The number of amides is 1. The number of nitrogens with one attached hydrogen (secondary N) is 1. The van der Waals surface area contributed by atoms with Crippen LogP contribution in [0.25, 0.3) is 0 Å². The number of hydrogen-bond acceptors (Lipinski definition) is 4. The van der Waals surface area contributed by atoms with Gasteiger partial charge < -0.3 is 19.9 Å². The predicted octanol–water partition coefficient (Wildman–Crippen LogP) is 1.97. The summed E-state index contributed by atoms with van der Waals surface area (Å²) >= 11 is 0. The van der Waals surface area contributed by atoms with Crippen molar-refractivity contribution in [1.82, 2.24) is 5.32 Å². The summed E-state index contributed by atoms with van der Waals surface area (Å²) in [5, 5.41) is 11.8. The molecule has 1 amide bonds. The van der Waals surface area contributed by atoms with Gasteiger partial charge in [-0.05, 0) is 18.9 Å². The fourth-order valence-electron chi connectivity index (χ4n) is 2.77. The van der Waals surface area contributed by atoms with E-state index in [1.807, 2.05) is 0 Å². The molecule has 0 aromatic heterocycles. The zero-order valence-corrected chi connectivity index (χ0v) is 13.0. The number of rotatable bonds is 7. The third kappa shape index (κ3) is 5.16. The lowest BCUT2D eigenvalue weighted by Crippen LogP contribution is -2.53. The first-order valence-corrected chi connectivity index (χ1v) is 7.53. The summed E-state index contributed by atoms with van der Waals surface area (Å²) < 4.78 is 34.4. The summed E-state index contributed by atoms with van der Waals surface area (Å²) in [6.07, 6.45) is 0.392. The van der Waals surface area contributed by atoms with Gasteiger partial charge in [-0.1, -0.05) is 18.2 Å². The topological polar surface area (TPSA) is 84.9 Å². The SMILES string of the molecule is O=C(O)CC1(NC(=O)Cc2ccccc2OC(F)F)CCOCC1. The quantitative estimate of drug-likeness (QED) is 0.791. The Hall–Kier alpha value is -2.22. The lowest BCUT2D eigenvalue weighted by atomic mass is 9.86. The number of hydrogen-bond donors (Lipinski definition) is 2. The highest BCUT2D eigenvalue weighted by Gasteiger charge is 2.36. The molecule has 2 N–H and O–H groups in total. The van der Waals surface area contributed by atoms with E-state index in [1.54, 1.807) is 6.07 Å². The van der Waals surface area contributed by atoms with Gasteiger partial charge in [-0.2, -0.15) is 8.78 Å². The maximum absolute atomic E-state index is 12.4. The molecule has 1 aromatic rings. The van der Waals surface area contributed by atoms with Gasteiger partial charge in [0.25, 0.3) is 0 Å². The predicted molar refractivity (Wildman–Crippen MR) is 80.0 cm³/mol. The highest BCUT2D eigenvalue weighted by molar-refractivity contribution is 5.81. The summed E-state index contributed by atoms with van der Waals surface area (Å²) in [4.78, 5) is 23.4. The number of ether oxygens (including phenoxy) is 2. The largest absolute Gasteiger partial charge is 0.481 e. The van der Waals surface area contributed by atoms with Crippen molar-refractivity contribution in [3.63, 3.8) is 0 Å². The smallest absolute Gasteiger partial charge is 0.387 e. The average Bonchev–Trinajstić information content (AvgIpc) is 2.48. The van der Waals surface area contributed by atoms with Crippen LogP contribution in [0.15, 0.2) is 24.3 Å². The van der Waals surface area contributed by atoms with Gasteiger partial charge in [0.2, 0.25) is 5.91 Å². The minimum atomic E-state index is -2.98. The third-order valence-electron chi connectivity index (χ3n) is 3.88. The van der Waals surface area contributed by atoms with Crippen LogP contribution in [0.3, 0.4) is 0 Å². The zero-order valence-electron chi connectivity index (χ0n) is 13.0. The molecule has 1 aliphatic rings. The Bertz CT molecular complexity index is 588. The molecule has 0 aliphatic carbocycles. The van der Waals surface area contributed by atoms with Crippen molar-refractivity contribution in [2.45, 2.75) is 37.8 Å². The number of aliphatic carboxylic acids is 1. The Morgan fingerprint density at radius 1 is 1.29 bits per heavy atom. The Balaban J connectivity index is 2.07. The molecule has 1 heterocycles. The first-order valence-electron chi connectivity index (χ1n) is 7.53. The van der Waals surface area contributed by atoms with E-state index in [0.717, 1.165) is 0 Å². The van der Waals surface area contributed by atoms with Crippen LogP contribution < -0.4 is 10.1 Å². The van der Waals surface area contributed by atoms with Crippen LogP contribution in [-0.4, -0.2) is 42.3 Å². The fourth-order valence-corrected chi connectivity index (χ4v) is 2.77. The van der Waals surface area contributed by atoms with E-state index in [-0.39, 0.29) is 18.6 Å². The van der Waals surface area contributed by atoms with Crippen LogP contribution >= 0.6 is 0 Å². The van der Waals surface area contributed by atoms with Crippen LogP contribution in [0.2, 0.25) is 0 Å². The van der Waals surface area contributed by atoms with Crippen molar-refractivity contribution >= 4 is 11.9 Å². The van der Waals surface area contributed by atoms with Crippen LogP contribution in [0.5, 0.6) is 5.75 Å². The summed E-state index contributed by atoms with van der Waals surface area (Å²) in [6, 6.07) is 6.02. The molecule has 0 atom stereocenters. The second kappa shape index (κ2) is 8.05. The number of carbonyl (C=O) groups is 2. The van der Waals surface area contributed by atoms with Crippen molar-refractivity contribution in [2.24, 2.45) is 0 Å². The number of para-hydroxylation sites is 1. The van der Waals surface area contributed by atoms with Gasteiger partial charge in [-0.25, -0.2) is 0 Å². The zero-order chi connectivity index (χ0) is 17.6. The second-order valence-corrected chi connectivity index (χ2v) is 5.67.